The molecule has 0 unspecified atom stereocenters. The van der Waals surface area contributed by atoms with Crippen LogP contribution in [0.3, 0.4) is 0 Å². The summed E-state index contributed by atoms with van der Waals surface area (Å²) in [5.74, 6) is -0.856. The molecule has 1 saturated heterocycles. The highest BCUT2D eigenvalue weighted by Gasteiger charge is 2.15. The maximum Gasteiger partial charge on any atom is 0.239 e. The molecule has 3 aromatic heterocycles. The number of hydrogen-bond donors (Lipinski definition) is 1. The summed E-state index contributed by atoms with van der Waals surface area (Å²) in [5, 5.41) is 13.1. The lowest BCUT2D eigenvalue weighted by atomic mass is 10.2. The van der Waals surface area contributed by atoms with Gasteiger partial charge >= 0.3 is 0 Å². The van der Waals surface area contributed by atoms with Gasteiger partial charge in [0.25, 0.3) is 0 Å². The molecule has 1 fully saturated rings. The van der Waals surface area contributed by atoms with E-state index in [4.69, 9.17) is 11.0 Å². The van der Waals surface area contributed by atoms with E-state index < -0.39 is 38.6 Å². The Bertz CT molecular complexity index is 1240. The lowest BCUT2D eigenvalue weighted by Gasteiger charge is -2.25. The SMILES string of the molecule is [2H]C1([2H])OC([2H])([2H])C([2H])([2H])N(CC(=O)Nc2cc3cc(-c4nnc(C)s4)ncc3cn2)C1([2H])[2H]. The molecule has 0 saturated carbocycles. The zero-order chi connectivity index (χ0) is 25.1. The van der Waals surface area contributed by atoms with Crippen LogP contribution >= 0.6 is 11.3 Å². The van der Waals surface area contributed by atoms with Gasteiger partial charge in [-0.25, -0.2) is 4.98 Å². The summed E-state index contributed by atoms with van der Waals surface area (Å²) >= 11 is 1.36. The fraction of sp³-hybridized carbons (Fsp3) is 0.353. The van der Waals surface area contributed by atoms with E-state index in [9.17, 15) is 4.79 Å². The van der Waals surface area contributed by atoms with Gasteiger partial charge in [0.1, 0.15) is 16.5 Å². The van der Waals surface area contributed by atoms with Crippen LogP contribution < -0.4 is 5.32 Å². The van der Waals surface area contributed by atoms with Gasteiger partial charge in [-0.2, -0.15) is 0 Å². The van der Waals surface area contributed by atoms with Crippen LogP contribution in [0.4, 0.5) is 5.82 Å². The van der Waals surface area contributed by atoms with Crippen LogP contribution in [0.1, 0.15) is 16.0 Å². The highest BCUT2D eigenvalue weighted by molar-refractivity contribution is 7.14. The first-order chi connectivity index (χ1) is 15.6. The van der Waals surface area contributed by atoms with Crippen LogP contribution in [-0.4, -0.2) is 63.6 Å². The lowest BCUT2D eigenvalue weighted by molar-refractivity contribution is -0.118. The Labute approximate surface area is 165 Å². The van der Waals surface area contributed by atoms with Gasteiger partial charge in [-0.05, 0) is 24.4 Å². The van der Waals surface area contributed by atoms with E-state index in [0.717, 1.165) is 5.01 Å². The number of carbonyl (C=O) groups excluding carboxylic acids is 1. The number of hydrogen-bond acceptors (Lipinski definition) is 8. The number of pyridine rings is 2. The third kappa shape index (κ3) is 3.85. The van der Waals surface area contributed by atoms with Gasteiger partial charge in [-0.3, -0.25) is 14.7 Å². The monoisotopic (exact) mass is 378 g/mol. The lowest BCUT2D eigenvalue weighted by Crippen LogP contribution is -2.41. The summed E-state index contributed by atoms with van der Waals surface area (Å²) in [4.78, 5) is 21.3. The molecule has 9 heteroatoms. The Balaban J connectivity index is 1.58. The van der Waals surface area contributed by atoms with Crippen molar-refractivity contribution in [1.82, 2.24) is 25.1 Å². The maximum absolute atomic E-state index is 12.7. The number of rotatable bonds is 4. The molecule has 0 radical (unpaired) electrons. The number of ether oxygens (including phenoxy) is 1. The maximum atomic E-state index is 12.7. The highest BCUT2D eigenvalue weighted by Crippen LogP contribution is 2.25. The molecular formula is C17H18N6O2S. The molecule has 1 aliphatic rings. The zero-order valence-corrected chi connectivity index (χ0v) is 14.3. The van der Waals surface area contributed by atoms with Gasteiger partial charge in [0.2, 0.25) is 5.91 Å². The van der Waals surface area contributed by atoms with Gasteiger partial charge < -0.3 is 10.1 Å². The van der Waals surface area contributed by atoms with Crippen molar-refractivity contribution in [2.24, 2.45) is 0 Å². The number of amides is 1. The van der Waals surface area contributed by atoms with Crippen molar-refractivity contribution in [3.8, 4) is 10.7 Å². The zero-order valence-electron chi connectivity index (χ0n) is 21.5. The molecule has 0 aromatic carbocycles. The Morgan fingerprint density at radius 2 is 2.08 bits per heavy atom. The molecule has 1 N–H and O–H groups in total. The average Bonchev–Trinajstić information content (AvgIpc) is 3.16. The molecule has 0 spiro atoms. The van der Waals surface area contributed by atoms with Crippen molar-refractivity contribution in [2.45, 2.75) is 6.92 Å². The molecule has 4 rings (SSSR count). The number of nitrogens with one attached hydrogen (secondary N) is 1. The average molecular weight is 378 g/mol. The normalized spacial score (nSPS) is 27.6. The van der Waals surface area contributed by atoms with E-state index in [-0.39, 0.29) is 10.7 Å². The minimum Gasteiger partial charge on any atom is -0.379 e. The number of carbonyl (C=O) groups is 1. The van der Waals surface area contributed by atoms with Crippen LogP contribution in [-0.2, 0) is 9.53 Å². The second-order valence-electron chi connectivity index (χ2n) is 5.28. The summed E-state index contributed by atoms with van der Waals surface area (Å²) in [5.41, 5.74) is 0.570. The van der Waals surface area contributed by atoms with E-state index in [0.29, 0.717) is 21.5 Å². The van der Waals surface area contributed by atoms with Crippen LogP contribution in [0.2, 0.25) is 0 Å². The van der Waals surface area contributed by atoms with Gasteiger partial charge in [0.15, 0.2) is 5.01 Å². The van der Waals surface area contributed by atoms with Gasteiger partial charge in [0.05, 0.1) is 25.1 Å². The first-order valence-corrected chi connectivity index (χ1v) is 8.30. The van der Waals surface area contributed by atoms with Crippen LogP contribution in [0.25, 0.3) is 21.5 Å². The predicted molar refractivity (Wildman–Crippen MR) is 99.1 cm³/mol. The summed E-state index contributed by atoms with van der Waals surface area (Å²) in [6, 6.07) is 3.27. The van der Waals surface area contributed by atoms with E-state index in [1.807, 2.05) is 6.92 Å². The van der Waals surface area contributed by atoms with E-state index in [1.165, 1.54) is 23.6 Å². The molecule has 3 aromatic rings. The van der Waals surface area contributed by atoms with Crippen molar-refractivity contribution < 1.29 is 20.5 Å². The molecule has 0 atom stereocenters. The molecule has 1 amide bonds. The van der Waals surface area contributed by atoms with Crippen molar-refractivity contribution in [3.05, 3.63) is 29.5 Å². The van der Waals surface area contributed by atoms with Crippen LogP contribution in [0.5, 0.6) is 0 Å². The summed E-state index contributed by atoms with van der Waals surface area (Å²) in [6.07, 6.45) is 3.04. The summed E-state index contributed by atoms with van der Waals surface area (Å²) < 4.78 is 67.2. The highest BCUT2D eigenvalue weighted by atomic mass is 32.1. The molecule has 1 aliphatic heterocycles. The number of aryl methyl sites for hydroxylation is 1. The Morgan fingerprint density at radius 1 is 1.27 bits per heavy atom. The molecule has 134 valence electrons. The topological polar surface area (TPSA) is 93.1 Å². The Morgan fingerprint density at radius 3 is 2.85 bits per heavy atom. The molecular weight excluding hydrogens is 352 g/mol. The van der Waals surface area contributed by atoms with E-state index in [1.54, 1.807) is 12.3 Å². The smallest absolute Gasteiger partial charge is 0.239 e. The van der Waals surface area contributed by atoms with Gasteiger partial charge in [-0.1, -0.05) is 11.3 Å². The number of aromatic nitrogens is 4. The third-order valence-corrected chi connectivity index (χ3v) is 4.24. The molecule has 8 nitrogen and oxygen atoms in total. The Hall–Kier alpha value is -2.49. The largest absolute Gasteiger partial charge is 0.379 e. The van der Waals surface area contributed by atoms with Gasteiger partial charge in [0, 0.05) is 36.3 Å². The molecule has 0 bridgehead atoms. The molecule has 26 heavy (non-hydrogen) atoms. The molecule has 4 heterocycles. The first kappa shape index (κ1) is 10.0. The summed E-state index contributed by atoms with van der Waals surface area (Å²) in [6.45, 7) is -12.0. The standard InChI is InChI=1S/C17H18N6O2S/c1-11-21-22-17(26-11)14-6-12-7-15(19-9-13(12)8-18-14)20-16(24)10-23-2-4-25-5-3-23/h6-9H,2-5,10H2,1H3,(H,19,20,24)/i2D2,3D2,4D2,5D2. The number of anilines is 1. The predicted octanol–water partition coefficient (Wildman–Crippen LogP) is 1.73. The Kier molecular flexibility index (Phi) is 2.85. The number of fused-ring (bicyclic) bond motifs is 1. The van der Waals surface area contributed by atoms with Crippen LogP contribution in [0, 0.1) is 6.92 Å². The molecule has 0 aliphatic carbocycles. The summed E-state index contributed by atoms with van der Waals surface area (Å²) in [7, 11) is 0. The first-order valence-electron chi connectivity index (χ1n) is 11.5. The van der Waals surface area contributed by atoms with Gasteiger partial charge in [-0.15, -0.1) is 10.2 Å². The van der Waals surface area contributed by atoms with E-state index in [2.05, 4.69) is 30.2 Å². The minimum absolute atomic E-state index is 0.0727. The fourth-order valence-electron chi connectivity index (χ4n) is 2.24. The fourth-order valence-corrected chi connectivity index (χ4v) is 2.90. The van der Waals surface area contributed by atoms with E-state index >= 15 is 0 Å². The quantitative estimate of drug-likeness (QED) is 0.739. The third-order valence-electron chi connectivity index (χ3n) is 3.38. The minimum atomic E-state index is -3.23. The van der Waals surface area contributed by atoms with Crippen molar-refractivity contribution in [2.75, 3.05) is 38.0 Å². The van der Waals surface area contributed by atoms with Crippen molar-refractivity contribution in [1.29, 1.82) is 0 Å². The van der Waals surface area contributed by atoms with Crippen molar-refractivity contribution >= 4 is 33.8 Å². The number of morpholine rings is 1. The second-order valence-corrected chi connectivity index (χ2v) is 6.46. The second kappa shape index (κ2) is 7.40. The van der Waals surface area contributed by atoms with Crippen LogP contribution in [0.15, 0.2) is 24.5 Å². The number of nitrogens with zero attached hydrogens (tertiary/aromatic N) is 5. The van der Waals surface area contributed by atoms with Crippen molar-refractivity contribution in [3.63, 3.8) is 0 Å².